The van der Waals surface area contributed by atoms with Crippen LogP contribution in [-0.4, -0.2) is 48.7 Å². The van der Waals surface area contributed by atoms with Crippen LogP contribution in [0.25, 0.3) is 0 Å². The van der Waals surface area contributed by atoms with Crippen molar-refractivity contribution in [2.75, 3.05) is 37.0 Å². The lowest BCUT2D eigenvalue weighted by molar-refractivity contribution is -0.141. The minimum atomic E-state index is -0.352. The third kappa shape index (κ3) is 20.0. The highest BCUT2D eigenvalue weighted by atomic mass is 35.5. The highest BCUT2D eigenvalue weighted by Gasteiger charge is 2.31. The molecule has 2 amide bonds. The van der Waals surface area contributed by atoms with Crippen molar-refractivity contribution in [1.29, 1.82) is 0 Å². The van der Waals surface area contributed by atoms with Crippen molar-refractivity contribution in [3.05, 3.63) is 100 Å². The maximum Gasteiger partial charge on any atom is 0.226 e. The third-order valence-electron chi connectivity index (χ3n) is 7.18. The number of carbonyl (C=O) groups excluding carboxylic acids is 2. The van der Waals surface area contributed by atoms with E-state index in [0.717, 1.165) is 52.2 Å². The Labute approximate surface area is 313 Å². The summed E-state index contributed by atoms with van der Waals surface area (Å²) in [5.41, 5.74) is 8.37. The second kappa shape index (κ2) is 25.9. The summed E-state index contributed by atoms with van der Waals surface area (Å²) in [6.07, 6.45) is 2.47. The molecule has 0 saturated carbocycles. The molecule has 0 fully saturated rings. The zero-order chi connectivity index (χ0) is 38.3. The van der Waals surface area contributed by atoms with E-state index in [1.165, 1.54) is 6.92 Å². The minimum Gasteiger partial charge on any atom is -0.513 e. The summed E-state index contributed by atoms with van der Waals surface area (Å²) >= 11 is 11.5. The average molecular weight is 750 g/mol. The number of hydrogen-bond acceptors (Lipinski definition) is 6. The van der Waals surface area contributed by atoms with E-state index in [0.29, 0.717) is 37.6 Å². The molecule has 0 aliphatic rings. The molecule has 3 rings (SSSR count). The normalized spacial score (nSPS) is 11.4. The predicted octanol–water partition coefficient (Wildman–Crippen LogP) is 9.36. The number of hydroxylamine groups is 2. The third-order valence-corrected chi connectivity index (χ3v) is 8.15. The van der Waals surface area contributed by atoms with Crippen molar-refractivity contribution in [2.24, 2.45) is 11.1 Å². The van der Waals surface area contributed by atoms with E-state index in [-0.39, 0.29) is 23.0 Å². The number of halogens is 2. The average Bonchev–Trinajstić information content (AvgIpc) is 3.05. The van der Waals surface area contributed by atoms with Crippen LogP contribution in [0.4, 0.5) is 11.4 Å². The number of amides is 2. The number of benzene rings is 3. The lowest BCUT2D eigenvalue weighted by Gasteiger charge is -2.34. The van der Waals surface area contributed by atoms with Gasteiger partial charge in [-0.3, -0.25) is 14.4 Å². The molecule has 11 heteroatoms. The SMILES string of the molecule is C=C(C)O.CCN.CCON(C)Cc1ccc(NC(=O)CC(C)(CC)CN(C(=O)CC)c2ccc(P)cc2)cc1.CCc1ccc(Cl)cc1Cl. The second-order valence-electron chi connectivity index (χ2n) is 11.9. The fraction of sp³-hybridized carbons (Fsp3) is 0.436. The summed E-state index contributed by atoms with van der Waals surface area (Å²) in [5, 5.41) is 15.2. The molecular weight excluding hydrogens is 690 g/mol. The van der Waals surface area contributed by atoms with Gasteiger partial charge < -0.3 is 21.1 Å². The fourth-order valence-corrected chi connectivity index (χ4v) is 5.20. The quantitative estimate of drug-likeness (QED) is 0.0914. The van der Waals surface area contributed by atoms with E-state index in [2.05, 4.69) is 41.9 Å². The van der Waals surface area contributed by atoms with Gasteiger partial charge in [-0.15, -0.1) is 9.24 Å². The zero-order valence-corrected chi connectivity index (χ0v) is 33.9. The van der Waals surface area contributed by atoms with Crippen LogP contribution in [0.1, 0.15) is 78.9 Å². The van der Waals surface area contributed by atoms with Gasteiger partial charge in [0.05, 0.1) is 12.4 Å². The Hall–Kier alpha value is -2.97. The Morgan fingerprint density at radius 2 is 1.56 bits per heavy atom. The van der Waals surface area contributed by atoms with Crippen molar-refractivity contribution >= 4 is 60.9 Å². The van der Waals surface area contributed by atoms with Crippen molar-refractivity contribution in [2.45, 2.75) is 80.7 Å². The molecule has 0 aliphatic heterocycles. The van der Waals surface area contributed by atoms with Gasteiger partial charge in [0.1, 0.15) is 0 Å². The smallest absolute Gasteiger partial charge is 0.226 e. The van der Waals surface area contributed by atoms with Gasteiger partial charge in [-0.1, -0.05) is 94.7 Å². The molecule has 2 unspecified atom stereocenters. The summed E-state index contributed by atoms with van der Waals surface area (Å²) < 4.78 is 0. The summed E-state index contributed by atoms with van der Waals surface area (Å²) in [6, 6.07) is 21.2. The number of aliphatic hydroxyl groups is 1. The molecule has 0 bridgehead atoms. The van der Waals surface area contributed by atoms with Gasteiger partial charge in [0.25, 0.3) is 0 Å². The lowest BCUT2D eigenvalue weighted by atomic mass is 9.82. The number of aryl methyl sites for hydroxylation is 1. The molecule has 0 radical (unpaired) electrons. The van der Waals surface area contributed by atoms with E-state index < -0.39 is 0 Å². The first kappa shape index (κ1) is 47.0. The van der Waals surface area contributed by atoms with Gasteiger partial charge in [0.15, 0.2) is 0 Å². The number of aliphatic hydroxyl groups excluding tert-OH is 1. The van der Waals surface area contributed by atoms with E-state index in [4.69, 9.17) is 38.9 Å². The summed E-state index contributed by atoms with van der Waals surface area (Å²) in [6.45, 7) is 19.1. The number of nitrogens with zero attached hydrogens (tertiary/aromatic N) is 2. The summed E-state index contributed by atoms with van der Waals surface area (Å²) in [5.74, 6) is 0.168. The molecule has 3 aromatic carbocycles. The van der Waals surface area contributed by atoms with Crippen molar-refractivity contribution in [3.8, 4) is 0 Å². The van der Waals surface area contributed by atoms with Crippen LogP contribution < -0.4 is 21.3 Å². The molecule has 2 atom stereocenters. The van der Waals surface area contributed by atoms with E-state index in [1.54, 1.807) is 11.1 Å². The van der Waals surface area contributed by atoms with Gasteiger partial charge in [-0.25, -0.2) is 0 Å². The van der Waals surface area contributed by atoms with Crippen LogP contribution in [0.15, 0.2) is 79.1 Å². The van der Waals surface area contributed by atoms with Gasteiger partial charge in [-0.05, 0) is 91.5 Å². The number of carbonyl (C=O) groups is 2. The van der Waals surface area contributed by atoms with Gasteiger partial charge >= 0.3 is 0 Å². The number of nitrogens with one attached hydrogen (secondary N) is 1. The molecular formula is C39H59Cl2N4O4P. The predicted molar refractivity (Wildman–Crippen MR) is 218 cm³/mol. The van der Waals surface area contributed by atoms with Crippen LogP contribution in [0.5, 0.6) is 0 Å². The lowest BCUT2D eigenvalue weighted by Crippen LogP contribution is -2.41. The highest BCUT2D eigenvalue weighted by molar-refractivity contribution is 7.27. The number of allylic oxidation sites excluding steroid dienone is 1. The highest BCUT2D eigenvalue weighted by Crippen LogP contribution is 2.30. The van der Waals surface area contributed by atoms with Gasteiger partial charge in [-0.2, -0.15) is 5.06 Å². The molecule has 8 nitrogen and oxygen atoms in total. The molecule has 3 aromatic rings. The van der Waals surface area contributed by atoms with Crippen LogP contribution in [-0.2, 0) is 27.4 Å². The number of anilines is 2. The van der Waals surface area contributed by atoms with E-state index in [1.807, 2.05) is 93.4 Å². The van der Waals surface area contributed by atoms with Crippen molar-refractivity contribution in [1.82, 2.24) is 5.06 Å². The van der Waals surface area contributed by atoms with Crippen LogP contribution in [0, 0.1) is 5.41 Å². The van der Waals surface area contributed by atoms with Crippen molar-refractivity contribution < 1.29 is 19.5 Å². The summed E-state index contributed by atoms with van der Waals surface area (Å²) in [4.78, 5) is 32.9. The fourth-order valence-electron chi connectivity index (χ4n) is 4.46. The second-order valence-corrected chi connectivity index (χ2v) is 13.5. The zero-order valence-electron chi connectivity index (χ0n) is 31.2. The maximum atomic E-state index is 12.9. The monoisotopic (exact) mass is 748 g/mol. The summed E-state index contributed by atoms with van der Waals surface area (Å²) in [7, 11) is 4.55. The Kier molecular flexibility index (Phi) is 24.4. The Morgan fingerprint density at radius 3 is 2.02 bits per heavy atom. The molecule has 50 heavy (non-hydrogen) atoms. The van der Waals surface area contributed by atoms with E-state index in [9.17, 15) is 9.59 Å². The van der Waals surface area contributed by atoms with Crippen molar-refractivity contribution in [3.63, 3.8) is 0 Å². The first-order valence-corrected chi connectivity index (χ1v) is 18.3. The molecule has 0 heterocycles. The number of rotatable bonds is 13. The Morgan fingerprint density at radius 1 is 1.00 bits per heavy atom. The largest absolute Gasteiger partial charge is 0.513 e. The van der Waals surface area contributed by atoms with Gasteiger partial charge in [0, 0.05) is 54.4 Å². The molecule has 0 aliphatic carbocycles. The molecule has 278 valence electrons. The number of hydrogen-bond donors (Lipinski definition) is 3. The van der Waals surface area contributed by atoms with Gasteiger partial charge in [0.2, 0.25) is 11.8 Å². The van der Waals surface area contributed by atoms with Crippen LogP contribution in [0.2, 0.25) is 10.0 Å². The standard InChI is InChI=1S/C26H38N3O3P.C8H8Cl2.C3H6O.C2H7N/c1-6-25(31)29(22-13-15-23(33)16-14-22)19-26(4,7-2)17-24(30)27-21-11-9-20(10-12-21)18-28(5)32-8-3;1-2-6-3-4-7(9)5-8(6)10;1-3(2)4;1-2-3/h9-16H,6-8,17-19,33H2,1-5H3,(H,27,30);3-5H,2H2,1H3;4H,1H2,2H3;2-3H2,1H3. The number of nitrogens with two attached hydrogens (primary N) is 1. The topological polar surface area (TPSA) is 108 Å². The molecule has 0 aromatic heterocycles. The molecule has 4 N–H and O–H groups in total. The van der Waals surface area contributed by atoms with E-state index >= 15 is 0 Å². The first-order chi connectivity index (χ1) is 23.6. The molecule has 0 spiro atoms. The minimum absolute atomic E-state index is 0.0530. The first-order valence-electron chi connectivity index (χ1n) is 16.9. The van der Waals surface area contributed by atoms with Crippen LogP contribution >= 0.6 is 32.4 Å². The van der Waals surface area contributed by atoms with Crippen LogP contribution in [0.3, 0.4) is 0 Å². The maximum absolute atomic E-state index is 12.9. The Balaban J connectivity index is 0.00000116. The molecule has 0 saturated heterocycles. The Bertz CT molecular complexity index is 1420.